The summed E-state index contributed by atoms with van der Waals surface area (Å²) in [5.74, 6) is 0.507. The van der Waals surface area contributed by atoms with E-state index in [-0.39, 0.29) is 5.91 Å². The van der Waals surface area contributed by atoms with Crippen molar-refractivity contribution in [3.05, 3.63) is 64.8 Å². The first-order valence-electron chi connectivity index (χ1n) is 7.75. The molecule has 1 aromatic carbocycles. The van der Waals surface area contributed by atoms with E-state index in [0.717, 1.165) is 16.7 Å². The maximum Gasteiger partial charge on any atom is 0.282 e. The Balaban J connectivity index is 2.01. The number of aromatic nitrogens is 4. The quantitative estimate of drug-likeness (QED) is 0.557. The molecule has 3 aromatic heterocycles. The topological polar surface area (TPSA) is 52.2 Å². The molecule has 0 fully saturated rings. The number of benzene rings is 1. The Hall–Kier alpha value is -2.66. The van der Waals surface area contributed by atoms with Gasteiger partial charge in [-0.3, -0.25) is 13.8 Å². The average Bonchev–Trinajstić information content (AvgIpc) is 3.10. The predicted octanol–water partition coefficient (Wildman–Crippen LogP) is 3.90. The second kappa shape index (κ2) is 5.46. The van der Waals surface area contributed by atoms with Gasteiger partial charge in [-0.05, 0) is 37.6 Å². The number of imidazole rings is 2. The Morgan fingerprint density at radius 1 is 1.17 bits per heavy atom. The van der Waals surface area contributed by atoms with E-state index in [0.29, 0.717) is 28.6 Å². The highest BCUT2D eigenvalue weighted by molar-refractivity contribution is 6.30. The molecule has 0 bridgehead atoms. The summed E-state index contributed by atoms with van der Waals surface area (Å²) in [6, 6.07) is 11.2. The van der Waals surface area contributed by atoms with E-state index in [1.165, 1.54) is 0 Å². The second-order valence-corrected chi connectivity index (χ2v) is 6.06. The summed E-state index contributed by atoms with van der Waals surface area (Å²) in [6.45, 7) is 3.82. The van der Waals surface area contributed by atoms with Gasteiger partial charge in [-0.2, -0.15) is 0 Å². The van der Waals surface area contributed by atoms with Crippen molar-refractivity contribution in [3.8, 4) is 0 Å². The van der Waals surface area contributed by atoms with Crippen molar-refractivity contribution < 1.29 is 4.79 Å². The van der Waals surface area contributed by atoms with E-state index in [9.17, 15) is 4.79 Å². The summed E-state index contributed by atoms with van der Waals surface area (Å²) in [4.78, 5) is 22.4. The smallest absolute Gasteiger partial charge is 0.282 e. The Morgan fingerprint density at radius 3 is 2.75 bits per heavy atom. The maximum atomic E-state index is 13.3. The monoisotopic (exact) mass is 338 g/mol. The molecular weight excluding hydrogens is 324 g/mol. The van der Waals surface area contributed by atoms with Gasteiger partial charge in [0.05, 0.1) is 21.7 Å². The fourth-order valence-electron chi connectivity index (χ4n) is 3.05. The molecule has 6 heteroatoms. The van der Waals surface area contributed by atoms with Crippen molar-refractivity contribution in [2.24, 2.45) is 0 Å². The van der Waals surface area contributed by atoms with Crippen molar-refractivity contribution in [2.75, 3.05) is 0 Å². The van der Waals surface area contributed by atoms with Gasteiger partial charge in [0.1, 0.15) is 17.2 Å². The van der Waals surface area contributed by atoms with E-state index >= 15 is 0 Å². The first-order chi connectivity index (χ1) is 11.6. The molecule has 0 atom stereocenters. The number of carbonyl (C=O) groups is 1. The highest BCUT2D eigenvalue weighted by Gasteiger charge is 2.23. The van der Waals surface area contributed by atoms with Crippen LogP contribution in [0.5, 0.6) is 0 Å². The van der Waals surface area contributed by atoms with Crippen LogP contribution in [0.1, 0.15) is 28.9 Å². The molecular formula is C18H15ClN4O. The van der Waals surface area contributed by atoms with Crippen molar-refractivity contribution in [1.82, 2.24) is 18.9 Å². The number of hydrogen-bond donors (Lipinski definition) is 0. The van der Waals surface area contributed by atoms with Crippen LogP contribution in [0.2, 0.25) is 5.02 Å². The van der Waals surface area contributed by atoms with E-state index in [1.54, 1.807) is 21.2 Å². The minimum atomic E-state index is -0.146. The van der Waals surface area contributed by atoms with E-state index in [4.69, 9.17) is 11.6 Å². The van der Waals surface area contributed by atoms with E-state index < -0.39 is 0 Å². The third-order valence-electron chi connectivity index (χ3n) is 4.12. The molecule has 0 amide bonds. The first-order valence-corrected chi connectivity index (χ1v) is 8.13. The SMILES string of the molecule is CCc1nc2ccc(Cl)cn2c1C(=O)n1c(C)nc2ccccc21. The van der Waals surface area contributed by atoms with Gasteiger partial charge in [0.2, 0.25) is 0 Å². The number of halogens is 1. The molecule has 120 valence electrons. The highest BCUT2D eigenvalue weighted by atomic mass is 35.5. The van der Waals surface area contributed by atoms with Crippen LogP contribution >= 0.6 is 11.6 Å². The number of hydrogen-bond acceptors (Lipinski definition) is 3. The molecule has 3 heterocycles. The zero-order valence-electron chi connectivity index (χ0n) is 13.3. The summed E-state index contributed by atoms with van der Waals surface area (Å²) < 4.78 is 3.40. The average molecular weight is 339 g/mol. The molecule has 0 unspecified atom stereocenters. The van der Waals surface area contributed by atoms with Gasteiger partial charge < -0.3 is 0 Å². The molecule has 0 N–H and O–H groups in total. The number of rotatable bonds is 2. The van der Waals surface area contributed by atoms with Crippen LogP contribution in [0, 0.1) is 6.92 Å². The lowest BCUT2D eigenvalue weighted by atomic mass is 10.2. The second-order valence-electron chi connectivity index (χ2n) is 5.62. The number of carbonyl (C=O) groups excluding carboxylic acids is 1. The molecule has 0 aliphatic heterocycles. The Morgan fingerprint density at radius 2 is 1.96 bits per heavy atom. The van der Waals surface area contributed by atoms with Crippen molar-refractivity contribution in [3.63, 3.8) is 0 Å². The minimum Gasteiger partial charge on any atom is -0.294 e. The van der Waals surface area contributed by atoms with E-state index in [1.807, 2.05) is 44.2 Å². The molecule has 0 aliphatic rings. The summed E-state index contributed by atoms with van der Waals surface area (Å²) in [7, 11) is 0. The highest BCUT2D eigenvalue weighted by Crippen LogP contribution is 2.22. The summed E-state index contributed by atoms with van der Waals surface area (Å²) in [6.07, 6.45) is 2.39. The first kappa shape index (κ1) is 14.9. The normalized spacial score (nSPS) is 11.5. The van der Waals surface area contributed by atoms with Crippen LogP contribution in [-0.4, -0.2) is 24.8 Å². The van der Waals surface area contributed by atoms with Gasteiger partial charge in [0.15, 0.2) is 0 Å². The van der Waals surface area contributed by atoms with Crippen molar-refractivity contribution in [1.29, 1.82) is 0 Å². The number of aryl methyl sites for hydroxylation is 2. The van der Waals surface area contributed by atoms with Crippen LogP contribution < -0.4 is 0 Å². The molecule has 0 radical (unpaired) electrons. The van der Waals surface area contributed by atoms with Crippen molar-refractivity contribution >= 4 is 34.2 Å². The molecule has 0 saturated heterocycles. The zero-order valence-corrected chi connectivity index (χ0v) is 14.1. The van der Waals surface area contributed by atoms with Crippen LogP contribution in [-0.2, 0) is 6.42 Å². The Kier molecular flexibility index (Phi) is 3.39. The van der Waals surface area contributed by atoms with E-state index in [2.05, 4.69) is 9.97 Å². The molecule has 4 aromatic rings. The largest absolute Gasteiger partial charge is 0.294 e. The Bertz CT molecular complexity index is 1090. The summed E-state index contributed by atoms with van der Waals surface area (Å²) >= 11 is 6.12. The van der Waals surface area contributed by atoms with Gasteiger partial charge in [-0.15, -0.1) is 0 Å². The number of nitrogens with zero attached hydrogens (tertiary/aromatic N) is 4. The summed E-state index contributed by atoms with van der Waals surface area (Å²) in [5, 5.41) is 0.559. The lowest BCUT2D eigenvalue weighted by molar-refractivity contribution is 0.0955. The van der Waals surface area contributed by atoms with Gasteiger partial charge in [-0.25, -0.2) is 9.97 Å². The van der Waals surface area contributed by atoms with Gasteiger partial charge in [0, 0.05) is 6.20 Å². The van der Waals surface area contributed by atoms with Gasteiger partial charge in [0.25, 0.3) is 5.91 Å². The fourth-order valence-corrected chi connectivity index (χ4v) is 3.21. The molecule has 0 aliphatic carbocycles. The third kappa shape index (κ3) is 2.12. The molecule has 0 saturated carbocycles. The fraction of sp³-hybridized carbons (Fsp3) is 0.167. The van der Waals surface area contributed by atoms with Gasteiger partial charge >= 0.3 is 0 Å². The molecule has 24 heavy (non-hydrogen) atoms. The van der Waals surface area contributed by atoms with Crippen LogP contribution in [0.3, 0.4) is 0 Å². The lowest BCUT2D eigenvalue weighted by Crippen LogP contribution is -2.17. The van der Waals surface area contributed by atoms with Crippen molar-refractivity contribution in [2.45, 2.75) is 20.3 Å². The van der Waals surface area contributed by atoms with Crippen LogP contribution in [0.25, 0.3) is 16.7 Å². The standard InChI is InChI=1S/C18H15ClN4O/c1-3-13-17(22-10-12(19)8-9-16(22)21-13)18(24)23-11(2)20-14-6-4-5-7-15(14)23/h4-10H,3H2,1-2H3. The van der Waals surface area contributed by atoms with Crippen LogP contribution in [0.4, 0.5) is 0 Å². The number of fused-ring (bicyclic) bond motifs is 2. The van der Waals surface area contributed by atoms with Crippen LogP contribution in [0.15, 0.2) is 42.6 Å². The third-order valence-corrected chi connectivity index (χ3v) is 4.35. The molecule has 5 nitrogen and oxygen atoms in total. The number of pyridine rings is 1. The Labute approximate surface area is 143 Å². The van der Waals surface area contributed by atoms with Gasteiger partial charge in [-0.1, -0.05) is 30.7 Å². The predicted molar refractivity (Wildman–Crippen MR) is 93.8 cm³/mol. The maximum absolute atomic E-state index is 13.3. The molecule has 0 spiro atoms. The summed E-state index contributed by atoms with van der Waals surface area (Å²) in [5.41, 5.74) is 3.58. The number of para-hydroxylation sites is 2. The lowest BCUT2D eigenvalue weighted by Gasteiger charge is -2.07. The molecule has 4 rings (SSSR count). The zero-order chi connectivity index (χ0) is 16.8. The minimum absolute atomic E-state index is 0.146.